The molecule has 1 N–H and O–H groups in total. The molecular weight excluding hydrogens is 368 g/mol. The van der Waals surface area contributed by atoms with Gasteiger partial charge in [-0.05, 0) is 23.6 Å². The van der Waals surface area contributed by atoms with E-state index in [9.17, 15) is 9.59 Å². The van der Waals surface area contributed by atoms with E-state index in [0.29, 0.717) is 18.9 Å². The van der Waals surface area contributed by atoms with Gasteiger partial charge in [-0.1, -0.05) is 48.5 Å². The maximum absolute atomic E-state index is 12.8. The largest absolute Gasteiger partial charge is 0.461 e. The van der Waals surface area contributed by atoms with E-state index in [0.717, 1.165) is 24.2 Å². The van der Waals surface area contributed by atoms with Gasteiger partial charge >= 0.3 is 12.1 Å². The fourth-order valence-electron chi connectivity index (χ4n) is 4.34. The van der Waals surface area contributed by atoms with Crippen molar-refractivity contribution in [2.24, 2.45) is 0 Å². The molecule has 2 aliphatic heterocycles. The molecule has 0 saturated carbocycles. The van der Waals surface area contributed by atoms with Crippen LogP contribution in [0.15, 0.2) is 54.6 Å². The average Bonchev–Trinajstić information content (AvgIpc) is 3.31. The Bertz CT molecular complexity index is 870. The minimum absolute atomic E-state index is 0.0272. The highest BCUT2D eigenvalue weighted by molar-refractivity contribution is 5.69. The first-order valence-electron chi connectivity index (χ1n) is 10.1. The van der Waals surface area contributed by atoms with Crippen LogP contribution in [-0.2, 0) is 20.9 Å². The predicted octanol–water partition coefficient (Wildman–Crippen LogP) is 3.93. The molecule has 0 aliphatic carbocycles. The van der Waals surface area contributed by atoms with Crippen molar-refractivity contribution in [1.29, 1.82) is 0 Å². The van der Waals surface area contributed by atoms with Gasteiger partial charge in [-0.3, -0.25) is 4.79 Å². The normalized spacial score (nSPS) is 22.7. The highest BCUT2D eigenvalue weighted by Crippen LogP contribution is 2.37. The molecule has 3 atom stereocenters. The molecule has 2 aromatic carbocycles. The summed E-state index contributed by atoms with van der Waals surface area (Å²) in [6.45, 7) is 2.86. The van der Waals surface area contributed by atoms with E-state index in [4.69, 9.17) is 9.47 Å². The lowest BCUT2D eigenvalue weighted by molar-refractivity contribution is -0.145. The third kappa shape index (κ3) is 4.53. The number of esters is 1. The Morgan fingerprint density at radius 1 is 1.10 bits per heavy atom. The second-order valence-corrected chi connectivity index (χ2v) is 7.71. The standard InChI is InChI=1S/C23H26N2O4/c1-16(26)29-20-12-19(11-18-13-24-22-10-6-5-9-21(18)22)25(14-20)23(27)28-15-17-7-3-2-4-8-17/h2-10,18-20,24H,11-15H2,1H3. The number of anilines is 1. The molecule has 6 heteroatoms. The number of benzene rings is 2. The second kappa shape index (κ2) is 8.55. The SMILES string of the molecule is CC(=O)OC1CC(CC2CNc3ccccc32)N(C(=O)OCc2ccccc2)C1. The molecule has 4 rings (SSSR count). The summed E-state index contributed by atoms with van der Waals surface area (Å²) in [6.07, 6.45) is 0.806. The average molecular weight is 394 g/mol. The number of nitrogens with one attached hydrogen (secondary N) is 1. The first-order valence-corrected chi connectivity index (χ1v) is 10.1. The van der Waals surface area contributed by atoms with Crippen LogP contribution in [0.1, 0.15) is 36.8 Å². The van der Waals surface area contributed by atoms with Crippen LogP contribution in [0.2, 0.25) is 0 Å². The van der Waals surface area contributed by atoms with Gasteiger partial charge in [-0.25, -0.2) is 4.79 Å². The van der Waals surface area contributed by atoms with Crippen molar-refractivity contribution in [1.82, 2.24) is 4.90 Å². The van der Waals surface area contributed by atoms with Crippen molar-refractivity contribution in [3.8, 4) is 0 Å². The number of nitrogens with zero attached hydrogens (tertiary/aromatic N) is 1. The van der Waals surface area contributed by atoms with Crippen molar-refractivity contribution in [2.75, 3.05) is 18.4 Å². The number of carbonyl (C=O) groups is 2. The Labute approximate surface area is 170 Å². The first kappa shape index (κ1) is 19.3. The summed E-state index contributed by atoms with van der Waals surface area (Å²) in [5.74, 6) is -0.00201. The van der Waals surface area contributed by atoms with Crippen LogP contribution < -0.4 is 5.32 Å². The van der Waals surface area contributed by atoms with Crippen molar-refractivity contribution in [3.05, 3.63) is 65.7 Å². The monoisotopic (exact) mass is 394 g/mol. The van der Waals surface area contributed by atoms with Gasteiger partial charge in [0.2, 0.25) is 0 Å². The zero-order valence-electron chi connectivity index (χ0n) is 16.5. The number of fused-ring (bicyclic) bond motifs is 1. The van der Waals surface area contributed by atoms with Crippen LogP contribution in [0.3, 0.4) is 0 Å². The van der Waals surface area contributed by atoms with Crippen LogP contribution in [-0.4, -0.2) is 42.2 Å². The number of hydrogen-bond donors (Lipinski definition) is 1. The number of carbonyl (C=O) groups excluding carboxylic acids is 2. The molecule has 6 nitrogen and oxygen atoms in total. The van der Waals surface area contributed by atoms with Crippen LogP contribution >= 0.6 is 0 Å². The summed E-state index contributed by atoms with van der Waals surface area (Å²) >= 11 is 0. The molecule has 1 saturated heterocycles. The van der Waals surface area contributed by atoms with E-state index in [1.54, 1.807) is 4.90 Å². The minimum atomic E-state index is -0.354. The van der Waals surface area contributed by atoms with Crippen LogP contribution in [0.5, 0.6) is 0 Å². The third-order valence-electron chi connectivity index (χ3n) is 5.64. The van der Waals surface area contributed by atoms with E-state index in [1.807, 2.05) is 42.5 Å². The van der Waals surface area contributed by atoms with Crippen molar-refractivity contribution < 1.29 is 19.1 Å². The van der Waals surface area contributed by atoms with Crippen LogP contribution in [0.4, 0.5) is 10.5 Å². The number of hydrogen-bond acceptors (Lipinski definition) is 5. The van der Waals surface area contributed by atoms with Gasteiger partial charge in [-0.2, -0.15) is 0 Å². The number of likely N-dealkylation sites (tertiary alicyclic amines) is 1. The quantitative estimate of drug-likeness (QED) is 0.779. The first-order chi connectivity index (χ1) is 14.1. The van der Waals surface area contributed by atoms with Gasteiger partial charge in [-0.15, -0.1) is 0 Å². The van der Waals surface area contributed by atoms with E-state index in [-0.39, 0.29) is 30.8 Å². The summed E-state index contributed by atoms with van der Waals surface area (Å²) < 4.78 is 11.0. The molecule has 0 radical (unpaired) electrons. The number of amides is 1. The van der Waals surface area contributed by atoms with Crippen LogP contribution in [0, 0.1) is 0 Å². The highest BCUT2D eigenvalue weighted by atomic mass is 16.6. The third-order valence-corrected chi connectivity index (χ3v) is 5.64. The molecule has 152 valence electrons. The zero-order chi connectivity index (χ0) is 20.2. The topological polar surface area (TPSA) is 67.9 Å². The zero-order valence-corrected chi connectivity index (χ0v) is 16.5. The van der Waals surface area contributed by atoms with Gasteiger partial charge < -0.3 is 19.7 Å². The number of para-hydroxylation sites is 1. The molecule has 2 aliphatic rings. The Balaban J connectivity index is 1.44. The van der Waals surface area contributed by atoms with Gasteiger partial charge in [0.25, 0.3) is 0 Å². The Hall–Kier alpha value is -3.02. The van der Waals surface area contributed by atoms with Gasteiger partial charge in [0.05, 0.1) is 6.54 Å². The van der Waals surface area contributed by atoms with E-state index in [2.05, 4.69) is 17.4 Å². The lowest BCUT2D eigenvalue weighted by Gasteiger charge is -2.26. The van der Waals surface area contributed by atoms with E-state index in [1.165, 1.54) is 12.5 Å². The fourth-order valence-corrected chi connectivity index (χ4v) is 4.34. The fraction of sp³-hybridized carbons (Fsp3) is 0.391. The summed E-state index contributed by atoms with van der Waals surface area (Å²) in [7, 11) is 0. The molecule has 3 unspecified atom stereocenters. The lowest BCUT2D eigenvalue weighted by Crippen LogP contribution is -2.37. The van der Waals surface area contributed by atoms with Crippen molar-refractivity contribution in [3.63, 3.8) is 0 Å². The molecule has 2 heterocycles. The Morgan fingerprint density at radius 2 is 1.86 bits per heavy atom. The molecule has 0 spiro atoms. The molecule has 0 bridgehead atoms. The molecule has 2 aromatic rings. The maximum atomic E-state index is 12.8. The van der Waals surface area contributed by atoms with Gasteiger partial charge in [0, 0.05) is 37.5 Å². The van der Waals surface area contributed by atoms with Gasteiger partial charge in [0.15, 0.2) is 0 Å². The summed E-state index contributed by atoms with van der Waals surface area (Å²) in [5, 5.41) is 3.44. The number of ether oxygens (including phenoxy) is 2. The molecular formula is C23H26N2O4. The van der Waals surface area contributed by atoms with Gasteiger partial charge in [0.1, 0.15) is 12.7 Å². The highest BCUT2D eigenvalue weighted by Gasteiger charge is 2.40. The van der Waals surface area contributed by atoms with E-state index >= 15 is 0 Å². The van der Waals surface area contributed by atoms with Crippen molar-refractivity contribution in [2.45, 2.75) is 44.4 Å². The summed E-state index contributed by atoms with van der Waals surface area (Å²) in [4.78, 5) is 26.0. The van der Waals surface area contributed by atoms with E-state index < -0.39 is 0 Å². The molecule has 1 amide bonds. The maximum Gasteiger partial charge on any atom is 0.410 e. The minimum Gasteiger partial charge on any atom is -0.461 e. The summed E-state index contributed by atoms with van der Waals surface area (Å²) in [6, 6.07) is 17.9. The second-order valence-electron chi connectivity index (χ2n) is 7.71. The predicted molar refractivity (Wildman–Crippen MR) is 110 cm³/mol. The Morgan fingerprint density at radius 3 is 2.66 bits per heavy atom. The molecule has 1 fully saturated rings. The molecule has 29 heavy (non-hydrogen) atoms. The Kier molecular flexibility index (Phi) is 5.69. The van der Waals surface area contributed by atoms with Crippen molar-refractivity contribution >= 4 is 17.7 Å². The number of rotatable bonds is 5. The molecule has 0 aromatic heterocycles. The summed E-state index contributed by atoms with van der Waals surface area (Å²) in [5.41, 5.74) is 3.38. The lowest BCUT2D eigenvalue weighted by atomic mass is 9.93. The van der Waals surface area contributed by atoms with Crippen LogP contribution in [0.25, 0.3) is 0 Å². The smallest absolute Gasteiger partial charge is 0.410 e.